The number of likely N-dealkylation sites (N-methyl/N-ethyl adjacent to an activating group) is 1. The first kappa shape index (κ1) is 21.8. The lowest BCUT2D eigenvalue weighted by Crippen LogP contribution is -2.37. The van der Waals surface area contributed by atoms with Gasteiger partial charge in [0.1, 0.15) is 9.88 Å². The van der Waals surface area contributed by atoms with Crippen molar-refractivity contribution in [2.45, 2.75) is 25.1 Å². The van der Waals surface area contributed by atoms with Crippen molar-refractivity contribution in [1.82, 2.24) is 9.88 Å². The Labute approximate surface area is 174 Å². The predicted octanol–water partition coefficient (Wildman–Crippen LogP) is 2.95. The molecule has 30 heavy (non-hydrogen) atoms. The van der Waals surface area contributed by atoms with Crippen molar-refractivity contribution < 1.29 is 32.6 Å². The van der Waals surface area contributed by atoms with Gasteiger partial charge < -0.3 is 14.7 Å². The summed E-state index contributed by atoms with van der Waals surface area (Å²) in [7, 11) is 1.56. The summed E-state index contributed by atoms with van der Waals surface area (Å²) in [5.41, 5.74) is -1.87. The van der Waals surface area contributed by atoms with Crippen molar-refractivity contribution in [2.75, 3.05) is 20.2 Å². The van der Waals surface area contributed by atoms with Crippen LogP contribution in [-0.2, 0) is 15.7 Å². The molecule has 2 heterocycles. The van der Waals surface area contributed by atoms with E-state index in [0.29, 0.717) is 29.0 Å². The van der Waals surface area contributed by atoms with Gasteiger partial charge in [0, 0.05) is 31.1 Å². The first-order valence-corrected chi connectivity index (χ1v) is 9.73. The molecule has 1 saturated heterocycles. The van der Waals surface area contributed by atoms with E-state index in [2.05, 4.69) is 21.6 Å². The lowest BCUT2D eigenvalue weighted by molar-refractivity contribution is -0.137. The van der Waals surface area contributed by atoms with Gasteiger partial charge in [0.15, 0.2) is 5.69 Å². The average Bonchev–Trinajstić information content (AvgIpc) is 3.26. The van der Waals surface area contributed by atoms with Gasteiger partial charge in [-0.25, -0.2) is 9.78 Å². The summed E-state index contributed by atoms with van der Waals surface area (Å²) in [6, 6.07) is 6.16. The van der Waals surface area contributed by atoms with E-state index < -0.39 is 34.2 Å². The second-order valence-corrected chi connectivity index (χ2v) is 7.58. The molecule has 3 rings (SSSR count). The molecular formula is C20H17F3N2O4S. The van der Waals surface area contributed by atoms with E-state index in [1.165, 1.54) is 24.0 Å². The van der Waals surface area contributed by atoms with E-state index in [9.17, 15) is 27.9 Å². The number of likely N-dealkylation sites (tertiary alicyclic amines) is 1. The number of carbonyl (C=O) groups excluding carboxylic acids is 2. The van der Waals surface area contributed by atoms with Gasteiger partial charge in [-0.05, 0) is 19.1 Å². The molecule has 158 valence electrons. The van der Waals surface area contributed by atoms with E-state index in [-0.39, 0.29) is 18.0 Å². The van der Waals surface area contributed by atoms with E-state index in [4.69, 9.17) is 0 Å². The molecule has 2 aromatic rings. The van der Waals surface area contributed by atoms with Gasteiger partial charge in [-0.3, -0.25) is 4.79 Å². The predicted molar refractivity (Wildman–Crippen MR) is 103 cm³/mol. The highest BCUT2D eigenvalue weighted by atomic mass is 32.1. The van der Waals surface area contributed by atoms with Gasteiger partial charge in [0.05, 0.1) is 6.61 Å². The van der Waals surface area contributed by atoms with Crippen LogP contribution in [0.5, 0.6) is 0 Å². The molecule has 1 aliphatic rings. The number of aliphatic hydroxyl groups is 1. The number of amides is 1. The molecule has 6 nitrogen and oxygen atoms in total. The minimum atomic E-state index is -4.76. The number of carbonyl (C=O) groups is 2. The molecule has 0 spiro atoms. The van der Waals surface area contributed by atoms with Crippen LogP contribution < -0.4 is 0 Å². The van der Waals surface area contributed by atoms with Crippen LogP contribution in [0.3, 0.4) is 0 Å². The molecule has 1 fully saturated rings. The van der Waals surface area contributed by atoms with Crippen LogP contribution in [0.2, 0.25) is 0 Å². The topological polar surface area (TPSA) is 79.7 Å². The maximum atomic E-state index is 13.3. The van der Waals surface area contributed by atoms with Gasteiger partial charge >= 0.3 is 12.1 Å². The summed E-state index contributed by atoms with van der Waals surface area (Å²) in [6.45, 7) is 1.78. The van der Waals surface area contributed by atoms with Crippen molar-refractivity contribution >= 4 is 23.2 Å². The Kier molecular flexibility index (Phi) is 5.87. The molecule has 1 aliphatic heterocycles. The minimum Gasteiger partial charge on any atom is -0.461 e. The lowest BCUT2D eigenvalue weighted by atomic mass is 10.0. The molecular weight excluding hydrogens is 421 g/mol. The zero-order valence-corrected chi connectivity index (χ0v) is 16.9. The Morgan fingerprint density at radius 2 is 2.17 bits per heavy atom. The molecule has 0 aliphatic carbocycles. The highest BCUT2D eigenvalue weighted by Gasteiger charge is 2.42. The van der Waals surface area contributed by atoms with Gasteiger partial charge in [-0.15, -0.1) is 11.3 Å². The van der Waals surface area contributed by atoms with Crippen LogP contribution in [0.25, 0.3) is 10.6 Å². The normalized spacial score (nSPS) is 18.9. The van der Waals surface area contributed by atoms with Crippen LogP contribution in [0.1, 0.15) is 34.3 Å². The third kappa shape index (κ3) is 4.32. The van der Waals surface area contributed by atoms with Crippen molar-refractivity contribution in [2.24, 2.45) is 0 Å². The molecule has 0 radical (unpaired) electrons. The molecule has 1 aromatic carbocycles. The quantitative estimate of drug-likeness (QED) is 0.589. The third-order valence-corrected chi connectivity index (χ3v) is 5.54. The standard InChI is InChI=1S/C20H17F3N2O4S/c1-3-29-17(26)14-15(20(21,22)23)30-16(24-14)13-6-4-5-12(11-13)7-8-19(28)9-10-25(2)18(19)27/h4-6,11,28H,3,9-10H2,1-2H3/t19-/m0/s1. The Morgan fingerprint density at radius 3 is 2.77 bits per heavy atom. The number of aromatic nitrogens is 1. The molecule has 1 amide bonds. The Bertz CT molecular complexity index is 1050. The number of hydrogen-bond acceptors (Lipinski definition) is 6. The fraction of sp³-hybridized carbons (Fsp3) is 0.350. The third-order valence-electron chi connectivity index (χ3n) is 4.39. The maximum Gasteiger partial charge on any atom is 0.428 e. The molecule has 10 heteroatoms. The van der Waals surface area contributed by atoms with Crippen LogP contribution in [0.4, 0.5) is 13.2 Å². The number of rotatable bonds is 3. The van der Waals surface area contributed by atoms with Gasteiger partial charge in [-0.1, -0.05) is 24.0 Å². The van der Waals surface area contributed by atoms with Crippen molar-refractivity contribution in [3.05, 3.63) is 40.4 Å². The Morgan fingerprint density at radius 1 is 1.43 bits per heavy atom. The number of nitrogens with zero attached hydrogens (tertiary/aromatic N) is 2. The number of alkyl halides is 3. The zero-order valence-electron chi connectivity index (χ0n) is 16.0. The average molecular weight is 438 g/mol. The second-order valence-electron chi connectivity index (χ2n) is 6.58. The number of benzene rings is 1. The molecule has 0 unspecified atom stereocenters. The van der Waals surface area contributed by atoms with Crippen LogP contribution in [-0.4, -0.2) is 52.7 Å². The highest BCUT2D eigenvalue weighted by Crippen LogP contribution is 2.40. The molecule has 0 saturated carbocycles. The zero-order chi connectivity index (χ0) is 22.1. The summed E-state index contributed by atoms with van der Waals surface area (Å²) >= 11 is 0.330. The Balaban J connectivity index is 1.96. The van der Waals surface area contributed by atoms with E-state index >= 15 is 0 Å². The SMILES string of the molecule is CCOC(=O)c1nc(-c2cccc(C#C[C@]3(O)CCN(C)C3=O)c2)sc1C(F)(F)F. The van der Waals surface area contributed by atoms with E-state index in [0.717, 1.165) is 0 Å². The first-order chi connectivity index (χ1) is 14.0. The van der Waals surface area contributed by atoms with Crippen molar-refractivity contribution in [1.29, 1.82) is 0 Å². The molecule has 1 atom stereocenters. The number of ether oxygens (including phenoxy) is 1. The maximum absolute atomic E-state index is 13.3. The van der Waals surface area contributed by atoms with Crippen LogP contribution >= 0.6 is 11.3 Å². The highest BCUT2D eigenvalue weighted by molar-refractivity contribution is 7.15. The van der Waals surface area contributed by atoms with Crippen LogP contribution in [0.15, 0.2) is 24.3 Å². The number of halogens is 3. The lowest BCUT2D eigenvalue weighted by Gasteiger charge is -2.13. The molecule has 1 N–H and O–H groups in total. The molecule has 0 bridgehead atoms. The first-order valence-electron chi connectivity index (χ1n) is 8.92. The van der Waals surface area contributed by atoms with E-state index in [1.54, 1.807) is 19.2 Å². The van der Waals surface area contributed by atoms with Gasteiger partial charge in [0.25, 0.3) is 5.91 Å². The number of thiazole rings is 1. The fourth-order valence-corrected chi connectivity index (χ4v) is 3.77. The smallest absolute Gasteiger partial charge is 0.428 e. The van der Waals surface area contributed by atoms with Crippen LogP contribution in [0, 0.1) is 11.8 Å². The Hall–Kier alpha value is -2.90. The second kappa shape index (κ2) is 8.08. The van der Waals surface area contributed by atoms with Gasteiger partial charge in [0.2, 0.25) is 5.60 Å². The summed E-state index contributed by atoms with van der Waals surface area (Å²) in [5, 5.41) is 10.3. The van der Waals surface area contributed by atoms with Crippen molar-refractivity contribution in [3.63, 3.8) is 0 Å². The summed E-state index contributed by atoms with van der Waals surface area (Å²) < 4.78 is 44.7. The number of hydrogen-bond donors (Lipinski definition) is 1. The summed E-state index contributed by atoms with van der Waals surface area (Å²) in [4.78, 5) is 28.0. The van der Waals surface area contributed by atoms with E-state index in [1.807, 2.05) is 0 Å². The summed E-state index contributed by atoms with van der Waals surface area (Å²) in [6.07, 6.45) is -4.59. The number of esters is 1. The van der Waals surface area contributed by atoms with Crippen molar-refractivity contribution in [3.8, 4) is 22.4 Å². The summed E-state index contributed by atoms with van der Waals surface area (Å²) in [5.74, 6) is 3.61. The largest absolute Gasteiger partial charge is 0.461 e. The molecule has 1 aromatic heterocycles. The fourth-order valence-electron chi connectivity index (χ4n) is 2.85. The monoisotopic (exact) mass is 438 g/mol. The van der Waals surface area contributed by atoms with Gasteiger partial charge in [-0.2, -0.15) is 13.2 Å². The minimum absolute atomic E-state index is 0.0237.